The number of likely N-dealkylation sites (tertiary alicyclic amines) is 1. The van der Waals surface area contributed by atoms with E-state index in [9.17, 15) is 15.0 Å². The SMILES string of the molecule is NC1CCN(C(=O)c2cccc(O)c2O)CC1. The Morgan fingerprint density at radius 2 is 1.94 bits per heavy atom. The van der Waals surface area contributed by atoms with E-state index in [-0.39, 0.29) is 29.0 Å². The highest BCUT2D eigenvalue weighted by Crippen LogP contribution is 2.29. The van der Waals surface area contributed by atoms with Gasteiger partial charge in [-0.15, -0.1) is 0 Å². The molecule has 4 N–H and O–H groups in total. The summed E-state index contributed by atoms with van der Waals surface area (Å²) in [4.78, 5) is 13.7. The van der Waals surface area contributed by atoms with Crippen molar-refractivity contribution in [2.75, 3.05) is 13.1 Å². The Labute approximate surface area is 99.5 Å². The number of carbonyl (C=O) groups is 1. The van der Waals surface area contributed by atoms with Crippen molar-refractivity contribution >= 4 is 5.91 Å². The van der Waals surface area contributed by atoms with Gasteiger partial charge in [-0.2, -0.15) is 0 Å². The molecule has 5 heteroatoms. The molecule has 1 aliphatic rings. The van der Waals surface area contributed by atoms with Crippen molar-refractivity contribution in [3.05, 3.63) is 23.8 Å². The van der Waals surface area contributed by atoms with Crippen molar-refractivity contribution in [2.45, 2.75) is 18.9 Å². The van der Waals surface area contributed by atoms with Gasteiger partial charge in [0, 0.05) is 19.1 Å². The van der Waals surface area contributed by atoms with Crippen LogP contribution in [-0.4, -0.2) is 40.2 Å². The van der Waals surface area contributed by atoms with E-state index in [0.717, 1.165) is 12.8 Å². The van der Waals surface area contributed by atoms with Crippen LogP contribution in [0, 0.1) is 0 Å². The fourth-order valence-electron chi connectivity index (χ4n) is 1.98. The minimum Gasteiger partial charge on any atom is -0.504 e. The Morgan fingerprint density at radius 3 is 2.59 bits per heavy atom. The highest BCUT2D eigenvalue weighted by molar-refractivity contribution is 5.97. The molecule has 1 aliphatic heterocycles. The lowest BCUT2D eigenvalue weighted by Gasteiger charge is -2.30. The number of aromatic hydroxyl groups is 2. The second kappa shape index (κ2) is 4.63. The fourth-order valence-corrected chi connectivity index (χ4v) is 1.98. The number of piperidine rings is 1. The van der Waals surface area contributed by atoms with Gasteiger partial charge in [-0.3, -0.25) is 4.79 Å². The maximum atomic E-state index is 12.1. The van der Waals surface area contributed by atoms with Crippen molar-refractivity contribution < 1.29 is 15.0 Å². The summed E-state index contributed by atoms with van der Waals surface area (Å²) in [5, 5.41) is 19.0. The molecule has 1 aromatic rings. The lowest BCUT2D eigenvalue weighted by atomic mass is 10.0. The van der Waals surface area contributed by atoms with Gasteiger partial charge in [0.25, 0.3) is 5.91 Å². The number of amides is 1. The fraction of sp³-hybridized carbons (Fsp3) is 0.417. The monoisotopic (exact) mass is 236 g/mol. The third-order valence-corrected chi connectivity index (χ3v) is 3.07. The zero-order valence-electron chi connectivity index (χ0n) is 9.47. The molecule has 0 aromatic heterocycles. The molecule has 5 nitrogen and oxygen atoms in total. The average molecular weight is 236 g/mol. The summed E-state index contributed by atoms with van der Waals surface area (Å²) in [7, 11) is 0. The summed E-state index contributed by atoms with van der Waals surface area (Å²) in [5.74, 6) is -0.887. The number of hydrogen-bond donors (Lipinski definition) is 3. The molecular formula is C12H16N2O3. The van der Waals surface area contributed by atoms with Crippen LogP contribution in [0.3, 0.4) is 0 Å². The van der Waals surface area contributed by atoms with Crippen LogP contribution < -0.4 is 5.73 Å². The zero-order chi connectivity index (χ0) is 12.4. The zero-order valence-corrected chi connectivity index (χ0v) is 9.47. The molecule has 92 valence electrons. The van der Waals surface area contributed by atoms with E-state index in [4.69, 9.17) is 5.73 Å². The van der Waals surface area contributed by atoms with Gasteiger partial charge in [-0.05, 0) is 25.0 Å². The predicted molar refractivity (Wildman–Crippen MR) is 62.9 cm³/mol. The highest BCUT2D eigenvalue weighted by Gasteiger charge is 2.24. The third kappa shape index (κ3) is 2.34. The first kappa shape index (κ1) is 11.7. The molecule has 0 bridgehead atoms. The van der Waals surface area contributed by atoms with Crippen molar-refractivity contribution in [3.8, 4) is 11.5 Å². The standard InChI is InChI=1S/C12H16N2O3/c13-8-4-6-14(7-5-8)12(17)9-2-1-3-10(15)11(9)16/h1-3,8,15-16H,4-7,13H2. The molecular weight excluding hydrogens is 220 g/mol. The van der Waals surface area contributed by atoms with Crippen molar-refractivity contribution in [1.29, 1.82) is 0 Å². The predicted octanol–water partition coefficient (Wildman–Crippen LogP) is 0.661. The van der Waals surface area contributed by atoms with Crippen molar-refractivity contribution in [1.82, 2.24) is 4.90 Å². The van der Waals surface area contributed by atoms with E-state index >= 15 is 0 Å². The topological polar surface area (TPSA) is 86.8 Å². The van der Waals surface area contributed by atoms with Crippen LogP contribution in [0.15, 0.2) is 18.2 Å². The Balaban J connectivity index is 2.17. The van der Waals surface area contributed by atoms with E-state index in [2.05, 4.69) is 0 Å². The van der Waals surface area contributed by atoms with Gasteiger partial charge in [0.15, 0.2) is 11.5 Å². The number of nitrogens with two attached hydrogens (primary N) is 1. The Hall–Kier alpha value is -1.75. The highest BCUT2D eigenvalue weighted by atomic mass is 16.3. The van der Waals surface area contributed by atoms with Crippen LogP contribution in [0.5, 0.6) is 11.5 Å². The molecule has 0 saturated carbocycles. The summed E-state index contributed by atoms with van der Waals surface area (Å²) in [6.07, 6.45) is 1.54. The molecule has 0 atom stereocenters. The van der Waals surface area contributed by atoms with Gasteiger partial charge in [0.1, 0.15) is 0 Å². The number of nitrogens with zero attached hydrogens (tertiary/aromatic N) is 1. The first-order chi connectivity index (χ1) is 8.09. The minimum absolute atomic E-state index is 0.139. The van der Waals surface area contributed by atoms with Crippen molar-refractivity contribution in [3.63, 3.8) is 0 Å². The number of hydrogen-bond acceptors (Lipinski definition) is 4. The van der Waals surface area contributed by atoms with Crippen LogP contribution >= 0.6 is 0 Å². The Bertz CT molecular complexity index is 426. The summed E-state index contributed by atoms with van der Waals surface area (Å²) in [6, 6.07) is 4.54. The van der Waals surface area contributed by atoms with E-state index in [1.165, 1.54) is 18.2 Å². The first-order valence-electron chi connectivity index (χ1n) is 5.65. The van der Waals surface area contributed by atoms with Gasteiger partial charge in [-0.1, -0.05) is 6.07 Å². The molecule has 0 radical (unpaired) electrons. The van der Waals surface area contributed by atoms with Crippen LogP contribution in [0.4, 0.5) is 0 Å². The Morgan fingerprint density at radius 1 is 1.29 bits per heavy atom. The largest absolute Gasteiger partial charge is 0.504 e. The molecule has 2 rings (SSSR count). The van der Waals surface area contributed by atoms with Crippen LogP contribution in [0.1, 0.15) is 23.2 Å². The quantitative estimate of drug-likeness (QED) is 0.625. The van der Waals surface area contributed by atoms with Gasteiger partial charge >= 0.3 is 0 Å². The van der Waals surface area contributed by atoms with Crippen LogP contribution in [-0.2, 0) is 0 Å². The Kier molecular flexibility index (Phi) is 3.19. The van der Waals surface area contributed by atoms with E-state index < -0.39 is 0 Å². The minimum atomic E-state index is -0.354. The molecule has 1 aromatic carbocycles. The van der Waals surface area contributed by atoms with E-state index in [0.29, 0.717) is 13.1 Å². The molecule has 1 fully saturated rings. The number of phenols is 2. The van der Waals surface area contributed by atoms with Crippen LogP contribution in [0.2, 0.25) is 0 Å². The van der Waals surface area contributed by atoms with Crippen LogP contribution in [0.25, 0.3) is 0 Å². The second-order valence-corrected chi connectivity index (χ2v) is 4.30. The number of phenolic OH excluding ortho intramolecular Hbond substituents is 2. The maximum Gasteiger partial charge on any atom is 0.257 e. The third-order valence-electron chi connectivity index (χ3n) is 3.07. The number of para-hydroxylation sites is 1. The second-order valence-electron chi connectivity index (χ2n) is 4.30. The number of benzene rings is 1. The molecule has 0 spiro atoms. The molecule has 0 aliphatic carbocycles. The first-order valence-corrected chi connectivity index (χ1v) is 5.65. The smallest absolute Gasteiger partial charge is 0.257 e. The molecule has 1 heterocycles. The average Bonchev–Trinajstić information content (AvgIpc) is 2.33. The van der Waals surface area contributed by atoms with Gasteiger partial charge < -0.3 is 20.8 Å². The summed E-state index contributed by atoms with van der Waals surface area (Å²) in [6.45, 7) is 1.18. The normalized spacial score (nSPS) is 17.1. The van der Waals surface area contributed by atoms with E-state index in [1.807, 2.05) is 0 Å². The molecule has 1 amide bonds. The number of rotatable bonds is 1. The van der Waals surface area contributed by atoms with Gasteiger partial charge in [0.2, 0.25) is 0 Å². The lowest BCUT2D eigenvalue weighted by molar-refractivity contribution is 0.0711. The van der Waals surface area contributed by atoms with E-state index in [1.54, 1.807) is 4.90 Å². The summed E-state index contributed by atoms with van der Waals surface area (Å²) < 4.78 is 0. The molecule has 0 unspecified atom stereocenters. The number of carbonyl (C=O) groups excluding carboxylic acids is 1. The lowest BCUT2D eigenvalue weighted by Crippen LogP contribution is -2.42. The molecule has 17 heavy (non-hydrogen) atoms. The molecule has 1 saturated heterocycles. The maximum absolute atomic E-state index is 12.1. The van der Waals surface area contributed by atoms with Crippen molar-refractivity contribution in [2.24, 2.45) is 5.73 Å². The van der Waals surface area contributed by atoms with Gasteiger partial charge in [-0.25, -0.2) is 0 Å². The van der Waals surface area contributed by atoms with Gasteiger partial charge in [0.05, 0.1) is 5.56 Å². The summed E-state index contributed by atoms with van der Waals surface area (Å²) in [5.41, 5.74) is 5.90. The summed E-state index contributed by atoms with van der Waals surface area (Å²) >= 11 is 0.